The summed E-state index contributed by atoms with van der Waals surface area (Å²) in [6, 6.07) is 11.0. The minimum atomic E-state index is -0.701. The van der Waals surface area contributed by atoms with Crippen LogP contribution >= 0.6 is 0 Å². The third-order valence-electron chi connectivity index (χ3n) is 3.58. The van der Waals surface area contributed by atoms with Gasteiger partial charge in [-0.15, -0.1) is 0 Å². The summed E-state index contributed by atoms with van der Waals surface area (Å²) < 4.78 is 9.77. The van der Waals surface area contributed by atoms with Crippen molar-refractivity contribution in [3.05, 3.63) is 63.7 Å². The van der Waals surface area contributed by atoms with Crippen molar-refractivity contribution in [1.29, 1.82) is 0 Å². The summed E-state index contributed by atoms with van der Waals surface area (Å²) >= 11 is 0. The fourth-order valence-corrected chi connectivity index (χ4v) is 2.19. The van der Waals surface area contributed by atoms with Crippen molar-refractivity contribution in [2.45, 2.75) is 13.3 Å². The lowest BCUT2D eigenvalue weighted by molar-refractivity contribution is -0.385. The Bertz CT molecular complexity index is 817. The zero-order valence-electron chi connectivity index (χ0n) is 14.4. The highest BCUT2D eigenvalue weighted by Gasteiger charge is 2.20. The molecule has 0 aliphatic rings. The molecule has 2 aromatic rings. The maximum absolute atomic E-state index is 12.0. The lowest BCUT2D eigenvalue weighted by atomic mass is 10.1. The number of rotatable bonds is 7. The monoisotopic (exact) mass is 358 g/mol. The molecule has 2 aromatic carbocycles. The number of methoxy groups -OCH3 is 1. The zero-order valence-corrected chi connectivity index (χ0v) is 14.4. The van der Waals surface area contributed by atoms with Crippen molar-refractivity contribution in [3.8, 4) is 5.75 Å². The third-order valence-corrected chi connectivity index (χ3v) is 3.58. The molecule has 2 rings (SSSR count). The van der Waals surface area contributed by atoms with E-state index < -0.39 is 29.1 Å². The average molecular weight is 358 g/mol. The number of hydrogen-bond donors (Lipinski definition) is 1. The van der Waals surface area contributed by atoms with Crippen LogP contribution in [0.4, 0.5) is 11.4 Å². The molecule has 0 saturated carbocycles. The van der Waals surface area contributed by atoms with Gasteiger partial charge in [0.15, 0.2) is 12.4 Å². The molecule has 0 aliphatic carbocycles. The summed E-state index contributed by atoms with van der Waals surface area (Å²) in [7, 11) is 1.18. The van der Waals surface area contributed by atoms with Gasteiger partial charge in [-0.25, -0.2) is 4.79 Å². The van der Waals surface area contributed by atoms with Crippen LogP contribution in [-0.2, 0) is 16.0 Å². The van der Waals surface area contributed by atoms with Gasteiger partial charge in [0.25, 0.3) is 5.91 Å². The molecular formula is C18H18N2O6. The summed E-state index contributed by atoms with van der Waals surface area (Å²) in [5.74, 6) is -1.27. The lowest BCUT2D eigenvalue weighted by Gasteiger charge is -2.09. The summed E-state index contributed by atoms with van der Waals surface area (Å²) in [6.07, 6.45) is 0.891. The van der Waals surface area contributed by atoms with Crippen molar-refractivity contribution in [1.82, 2.24) is 0 Å². The maximum Gasteiger partial charge on any atom is 0.338 e. The topological polar surface area (TPSA) is 108 Å². The maximum atomic E-state index is 12.0. The Morgan fingerprint density at radius 2 is 1.85 bits per heavy atom. The van der Waals surface area contributed by atoms with Crippen LogP contribution in [0.5, 0.6) is 5.75 Å². The number of hydrogen-bond acceptors (Lipinski definition) is 6. The van der Waals surface area contributed by atoms with Crippen molar-refractivity contribution >= 4 is 23.3 Å². The first-order valence-electron chi connectivity index (χ1n) is 7.83. The molecule has 0 radical (unpaired) electrons. The number of nitrogens with zero attached hydrogens (tertiary/aromatic N) is 1. The van der Waals surface area contributed by atoms with E-state index in [2.05, 4.69) is 10.1 Å². The van der Waals surface area contributed by atoms with Gasteiger partial charge in [0.05, 0.1) is 17.6 Å². The number of benzene rings is 2. The van der Waals surface area contributed by atoms with Crippen LogP contribution in [0, 0.1) is 10.1 Å². The lowest BCUT2D eigenvalue weighted by Crippen LogP contribution is -2.20. The molecule has 26 heavy (non-hydrogen) atoms. The molecule has 0 spiro atoms. The van der Waals surface area contributed by atoms with Crippen LogP contribution < -0.4 is 10.1 Å². The SMILES string of the molecule is CCc1ccc(NC(=O)COc2ccc(C(=O)OC)cc2[N+](=O)[O-])cc1. The standard InChI is InChI=1S/C18H18N2O6/c1-3-12-4-7-14(8-5-12)19-17(21)11-26-16-9-6-13(18(22)25-2)10-15(16)20(23)24/h4-10H,3,11H2,1-2H3,(H,19,21). The van der Waals surface area contributed by atoms with E-state index in [9.17, 15) is 19.7 Å². The normalized spacial score (nSPS) is 10.1. The van der Waals surface area contributed by atoms with Crippen LogP contribution in [0.25, 0.3) is 0 Å². The number of ether oxygens (including phenoxy) is 2. The Morgan fingerprint density at radius 3 is 2.42 bits per heavy atom. The zero-order chi connectivity index (χ0) is 19.1. The highest BCUT2D eigenvalue weighted by molar-refractivity contribution is 5.92. The predicted molar refractivity (Wildman–Crippen MR) is 94.4 cm³/mol. The fraction of sp³-hybridized carbons (Fsp3) is 0.222. The number of aryl methyl sites for hydroxylation is 1. The number of nitro benzene ring substituents is 1. The number of nitro groups is 1. The summed E-state index contributed by atoms with van der Waals surface area (Å²) in [4.78, 5) is 33.9. The molecule has 8 heteroatoms. The molecule has 0 saturated heterocycles. The highest BCUT2D eigenvalue weighted by atomic mass is 16.6. The van der Waals surface area contributed by atoms with E-state index in [1.54, 1.807) is 12.1 Å². The number of amides is 1. The summed E-state index contributed by atoms with van der Waals surface area (Å²) in [5.41, 5.74) is 1.34. The Labute approximate surface area is 149 Å². The van der Waals surface area contributed by atoms with Crippen LogP contribution in [0.1, 0.15) is 22.8 Å². The molecule has 0 aliphatic heterocycles. The molecule has 0 bridgehead atoms. The van der Waals surface area contributed by atoms with Gasteiger partial charge in [-0.3, -0.25) is 14.9 Å². The van der Waals surface area contributed by atoms with Crippen LogP contribution in [0.15, 0.2) is 42.5 Å². The Morgan fingerprint density at radius 1 is 1.15 bits per heavy atom. The molecule has 8 nitrogen and oxygen atoms in total. The van der Waals surface area contributed by atoms with E-state index in [1.807, 2.05) is 19.1 Å². The summed E-state index contributed by atoms with van der Waals surface area (Å²) in [6.45, 7) is 1.62. The van der Waals surface area contributed by atoms with Gasteiger partial charge >= 0.3 is 11.7 Å². The fourth-order valence-electron chi connectivity index (χ4n) is 2.19. The van der Waals surface area contributed by atoms with Crippen LogP contribution in [-0.4, -0.2) is 30.5 Å². The van der Waals surface area contributed by atoms with E-state index in [0.717, 1.165) is 18.1 Å². The molecule has 0 aromatic heterocycles. The third kappa shape index (κ3) is 4.79. The van der Waals surface area contributed by atoms with Gasteiger partial charge in [0, 0.05) is 11.8 Å². The smallest absolute Gasteiger partial charge is 0.338 e. The molecule has 1 amide bonds. The van der Waals surface area contributed by atoms with Gasteiger partial charge in [-0.2, -0.15) is 0 Å². The summed E-state index contributed by atoms with van der Waals surface area (Å²) in [5, 5.41) is 13.8. The van der Waals surface area contributed by atoms with Crippen LogP contribution in [0.2, 0.25) is 0 Å². The molecule has 0 atom stereocenters. The molecular weight excluding hydrogens is 340 g/mol. The van der Waals surface area contributed by atoms with Gasteiger partial charge < -0.3 is 14.8 Å². The number of carbonyl (C=O) groups excluding carboxylic acids is 2. The second-order valence-corrected chi connectivity index (χ2v) is 5.32. The molecule has 1 N–H and O–H groups in total. The van der Waals surface area contributed by atoms with E-state index in [0.29, 0.717) is 5.69 Å². The largest absolute Gasteiger partial charge is 0.477 e. The van der Waals surface area contributed by atoms with E-state index in [4.69, 9.17) is 4.74 Å². The quantitative estimate of drug-likeness (QED) is 0.463. The van der Waals surface area contributed by atoms with Crippen molar-refractivity contribution in [3.63, 3.8) is 0 Å². The van der Waals surface area contributed by atoms with E-state index >= 15 is 0 Å². The number of nitrogens with one attached hydrogen (secondary N) is 1. The molecule has 136 valence electrons. The second-order valence-electron chi connectivity index (χ2n) is 5.32. The first kappa shape index (κ1) is 18.9. The van der Waals surface area contributed by atoms with Crippen molar-refractivity contribution < 1.29 is 24.0 Å². The van der Waals surface area contributed by atoms with Gasteiger partial charge in [0.2, 0.25) is 0 Å². The second kappa shape index (κ2) is 8.61. The van der Waals surface area contributed by atoms with Gasteiger partial charge in [0.1, 0.15) is 0 Å². The van der Waals surface area contributed by atoms with Crippen molar-refractivity contribution in [2.24, 2.45) is 0 Å². The predicted octanol–water partition coefficient (Wildman–Crippen LogP) is 2.96. The van der Waals surface area contributed by atoms with E-state index in [-0.39, 0.29) is 11.3 Å². The number of carbonyl (C=O) groups is 2. The van der Waals surface area contributed by atoms with Gasteiger partial charge in [-0.1, -0.05) is 19.1 Å². The minimum absolute atomic E-state index is 0.0204. The van der Waals surface area contributed by atoms with E-state index in [1.165, 1.54) is 19.2 Å². The minimum Gasteiger partial charge on any atom is -0.477 e. The Hall–Kier alpha value is -3.42. The number of anilines is 1. The van der Waals surface area contributed by atoms with Crippen LogP contribution in [0.3, 0.4) is 0 Å². The molecule has 0 heterocycles. The Kier molecular flexibility index (Phi) is 6.26. The highest BCUT2D eigenvalue weighted by Crippen LogP contribution is 2.28. The molecule has 0 unspecified atom stereocenters. The molecule has 0 fully saturated rings. The van der Waals surface area contributed by atoms with Crippen molar-refractivity contribution in [2.75, 3.05) is 19.0 Å². The average Bonchev–Trinajstić information content (AvgIpc) is 2.66. The first-order chi connectivity index (χ1) is 12.4. The Balaban J connectivity index is 2.04. The number of esters is 1. The first-order valence-corrected chi connectivity index (χ1v) is 7.83. The van der Waals surface area contributed by atoms with Gasteiger partial charge in [-0.05, 0) is 36.2 Å².